The van der Waals surface area contributed by atoms with E-state index in [1.807, 2.05) is 42.0 Å². The largest absolute Gasteiger partial charge is 0.465 e. The number of rotatable bonds is 7. The van der Waals surface area contributed by atoms with Crippen LogP contribution in [0, 0.1) is 6.92 Å². The molecule has 2 atom stereocenters. The van der Waals surface area contributed by atoms with Crippen molar-refractivity contribution >= 4 is 21.9 Å². The van der Waals surface area contributed by atoms with Crippen LogP contribution in [0.1, 0.15) is 34.9 Å². The molecule has 0 aliphatic heterocycles. The number of fused-ring (bicyclic) bond motifs is 3. The summed E-state index contributed by atoms with van der Waals surface area (Å²) in [6.45, 7) is 2.14. The normalized spacial score (nSPS) is 14.1. The van der Waals surface area contributed by atoms with Gasteiger partial charge in [-0.25, -0.2) is 0 Å². The lowest BCUT2D eigenvalue weighted by Crippen LogP contribution is -2.29. The van der Waals surface area contributed by atoms with Crippen LogP contribution < -0.4 is 5.32 Å². The van der Waals surface area contributed by atoms with E-state index in [0.29, 0.717) is 29.3 Å². The molecule has 2 aromatic carbocycles. The highest BCUT2D eigenvalue weighted by atomic mass is 19.4. The van der Waals surface area contributed by atoms with Crippen LogP contribution in [0.3, 0.4) is 0 Å². The van der Waals surface area contributed by atoms with Crippen molar-refractivity contribution in [1.82, 2.24) is 19.7 Å². The van der Waals surface area contributed by atoms with Crippen molar-refractivity contribution < 1.29 is 27.4 Å². The Balaban J connectivity index is 1.54. The molecule has 0 amide bonds. The highest BCUT2D eigenvalue weighted by molar-refractivity contribution is 6.08. The molecule has 5 aromatic rings. The Morgan fingerprint density at radius 2 is 1.83 bits per heavy atom. The van der Waals surface area contributed by atoms with E-state index in [1.165, 1.54) is 12.1 Å². The summed E-state index contributed by atoms with van der Waals surface area (Å²) < 4.78 is 53.7. The highest BCUT2D eigenvalue weighted by Gasteiger charge is 2.30. The Hall–Kier alpha value is -3.60. The molecule has 3 heterocycles. The van der Waals surface area contributed by atoms with Gasteiger partial charge < -0.3 is 14.3 Å². The topological polar surface area (TPSA) is 77.4 Å². The average Bonchev–Trinajstić information content (AvgIpc) is 3.51. The Morgan fingerprint density at radius 1 is 1.08 bits per heavy atom. The van der Waals surface area contributed by atoms with Crippen molar-refractivity contribution in [2.75, 3.05) is 13.7 Å². The first kappa shape index (κ1) is 24.1. The summed E-state index contributed by atoms with van der Waals surface area (Å²) in [7, 11) is 3.36. The number of hydrogen-bond donors (Lipinski definition) is 2. The van der Waals surface area contributed by atoms with Crippen molar-refractivity contribution in [3.63, 3.8) is 0 Å². The minimum Gasteiger partial charge on any atom is -0.465 e. The SMILES string of the molecule is COCC(NC(O)c1ccc2c(c1)c1cn(C)nc1n2-c1ccc(C(F)(F)F)cc1)c1ccc(C)o1. The number of aliphatic hydroxyl groups excluding tert-OH is 1. The number of alkyl halides is 3. The van der Waals surface area contributed by atoms with Crippen LogP contribution in [0.4, 0.5) is 13.2 Å². The Bertz CT molecular complexity index is 1520. The summed E-state index contributed by atoms with van der Waals surface area (Å²) in [5, 5.41) is 20.3. The van der Waals surface area contributed by atoms with E-state index in [9.17, 15) is 18.3 Å². The van der Waals surface area contributed by atoms with Gasteiger partial charge in [0.1, 0.15) is 17.7 Å². The van der Waals surface area contributed by atoms with Gasteiger partial charge in [-0.1, -0.05) is 6.07 Å². The summed E-state index contributed by atoms with van der Waals surface area (Å²) in [6.07, 6.45) is -3.59. The summed E-state index contributed by atoms with van der Waals surface area (Å²) in [4.78, 5) is 0. The minimum absolute atomic E-state index is 0.295. The average molecular weight is 499 g/mol. The molecule has 0 aliphatic rings. The van der Waals surface area contributed by atoms with Gasteiger partial charge in [0.25, 0.3) is 0 Å². The number of aryl methyl sites for hydroxylation is 2. The van der Waals surface area contributed by atoms with Gasteiger partial charge in [0.05, 0.1) is 23.7 Å². The monoisotopic (exact) mass is 498 g/mol. The maximum atomic E-state index is 13.1. The van der Waals surface area contributed by atoms with Crippen molar-refractivity contribution in [3.8, 4) is 5.69 Å². The van der Waals surface area contributed by atoms with Crippen LogP contribution >= 0.6 is 0 Å². The number of hydrogen-bond acceptors (Lipinski definition) is 5. The lowest BCUT2D eigenvalue weighted by Gasteiger charge is -2.21. The zero-order valence-corrected chi connectivity index (χ0v) is 19.9. The second-order valence-electron chi connectivity index (χ2n) is 8.72. The minimum atomic E-state index is -4.41. The first-order valence-electron chi connectivity index (χ1n) is 11.3. The van der Waals surface area contributed by atoms with E-state index in [-0.39, 0.29) is 6.04 Å². The summed E-state index contributed by atoms with van der Waals surface area (Å²) in [6, 6.07) is 13.8. The molecule has 7 nitrogen and oxygen atoms in total. The van der Waals surface area contributed by atoms with Crippen molar-refractivity contribution in [2.24, 2.45) is 7.05 Å². The van der Waals surface area contributed by atoms with Gasteiger partial charge in [-0.2, -0.15) is 18.3 Å². The summed E-state index contributed by atoms with van der Waals surface area (Å²) >= 11 is 0. The third-order valence-electron chi connectivity index (χ3n) is 6.14. The molecule has 5 rings (SSSR count). The van der Waals surface area contributed by atoms with E-state index < -0.39 is 18.0 Å². The van der Waals surface area contributed by atoms with Gasteiger partial charge in [-0.05, 0) is 61.0 Å². The first-order chi connectivity index (χ1) is 17.2. The third-order valence-corrected chi connectivity index (χ3v) is 6.14. The number of nitrogens with zero attached hydrogens (tertiary/aromatic N) is 3. The molecule has 0 saturated heterocycles. The van der Waals surface area contributed by atoms with E-state index in [4.69, 9.17) is 9.15 Å². The molecule has 0 aliphatic carbocycles. The number of ether oxygens (including phenoxy) is 1. The lowest BCUT2D eigenvalue weighted by atomic mass is 10.1. The predicted molar refractivity (Wildman–Crippen MR) is 129 cm³/mol. The second-order valence-corrected chi connectivity index (χ2v) is 8.72. The van der Waals surface area contributed by atoms with E-state index in [1.54, 1.807) is 24.9 Å². The van der Waals surface area contributed by atoms with E-state index in [0.717, 1.165) is 34.2 Å². The van der Waals surface area contributed by atoms with Gasteiger partial charge >= 0.3 is 6.18 Å². The first-order valence-corrected chi connectivity index (χ1v) is 11.3. The lowest BCUT2D eigenvalue weighted by molar-refractivity contribution is -0.137. The van der Waals surface area contributed by atoms with E-state index in [2.05, 4.69) is 10.4 Å². The van der Waals surface area contributed by atoms with Crippen LogP contribution in [0.2, 0.25) is 0 Å². The number of furan rings is 1. The Kier molecular flexibility index (Phi) is 6.11. The summed E-state index contributed by atoms with van der Waals surface area (Å²) in [5.74, 6) is 1.41. The van der Waals surface area contributed by atoms with Crippen LogP contribution in [-0.2, 0) is 18.0 Å². The van der Waals surface area contributed by atoms with Gasteiger partial charge in [0.15, 0.2) is 5.65 Å². The maximum Gasteiger partial charge on any atom is 0.416 e. The molecule has 0 saturated carbocycles. The molecule has 2 N–H and O–H groups in total. The molecule has 36 heavy (non-hydrogen) atoms. The van der Waals surface area contributed by atoms with E-state index >= 15 is 0 Å². The number of methoxy groups -OCH3 is 1. The summed E-state index contributed by atoms with van der Waals surface area (Å²) in [5.41, 5.74) is 1.83. The zero-order valence-electron chi connectivity index (χ0n) is 19.9. The number of benzene rings is 2. The fourth-order valence-corrected chi connectivity index (χ4v) is 4.45. The number of aromatic nitrogens is 3. The van der Waals surface area contributed by atoms with Gasteiger partial charge in [-0.3, -0.25) is 14.6 Å². The van der Waals surface area contributed by atoms with Gasteiger partial charge in [0, 0.05) is 36.8 Å². The molecule has 3 aromatic heterocycles. The highest BCUT2D eigenvalue weighted by Crippen LogP contribution is 2.35. The third kappa shape index (κ3) is 4.39. The zero-order chi connectivity index (χ0) is 25.6. The molecule has 10 heteroatoms. The number of aliphatic hydroxyl groups is 1. The molecule has 0 bridgehead atoms. The van der Waals surface area contributed by atoms with Crippen molar-refractivity contribution in [3.05, 3.63) is 83.4 Å². The smallest absolute Gasteiger partial charge is 0.416 e. The fraction of sp³-hybridized carbons (Fsp3) is 0.269. The molecule has 0 spiro atoms. The molecular formula is C26H25F3N4O3. The Morgan fingerprint density at radius 3 is 2.47 bits per heavy atom. The molecular weight excluding hydrogens is 473 g/mol. The van der Waals surface area contributed by atoms with Gasteiger partial charge in [0.2, 0.25) is 0 Å². The second kappa shape index (κ2) is 9.12. The maximum absolute atomic E-state index is 13.1. The van der Waals surface area contributed by atoms with Crippen LogP contribution in [0.25, 0.3) is 27.6 Å². The number of nitrogens with one attached hydrogen (secondary N) is 1. The quantitative estimate of drug-likeness (QED) is 0.294. The molecule has 0 fully saturated rings. The molecule has 188 valence electrons. The Labute approximate surface area is 204 Å². The van der Waals surface area contributed by atoms with Crippen molar-refractivity contribution in [2.45, 2.75) is 25.4 Å². The molecule has 0 radical (unpaired) electrons. The molecule has 2 unspecified atom stereocenters. The van der Waals surface area contributed by atoms with Crippen LogP contribution in [0.5, 0.6) is 0 Å². The standard InChI is InChI=1S/C26H25F3N4O3/c1-15-4-11-23(36-15)21(14-35-3)30-25(34)16-5-10-22-19(12-16)20-13-32(2)31-24(20)33(22)18-8-6-17(7-9-18)26(27,28)29/h4-13,21,25,30,34H,14H2,1-3H3. The van der Waals surface area contributed by atoms with Crippen LogP contribution in [0.15, 0.2) is 65.2 Å². The van der Waals surface area contributed by atoms with Crippen molar-refractivity contribution in [1.29, 1.82) is 0 Å². The predicted octanol–water partition coefficient (Wildman–Crippen LogP) is 5.41. The number of halogens is 3. The fourth-order valence-electron chi connectivity index (χ4n) is 4.45. The van der Waals surface area contributed by atoms with Gasteiger partial charge in [-0.15, -0.1) is 0 Å². The van der Waals surface area contributed by atoms with Crippen LogP contribution in [-0.4, -0.2) is 33.2 Å².